The molecule has 0 unspecified atom stereocenters. The Balaban J connectivity index is 1.78. The summed E-state index contributed by atoms with van der Waals surface area (Å²) in [6.45, 7) is 1.79. The molecule has 0 bridgehead atoms. The first-order valence-corrected chi connectivity index (χ1v) is 8.49. The fraction of sp³-hybridized carbons (Fsp3) is 0.211. The van der Waals surface area contributed by atoms with E-state index >= 15 is 0 Å². The minimum atomic E-state index is -0.537. The number of anilines is 2. The van der Waals surface area contributed by atoms with Crippen molar-refractivity contribution in [2.24, 2.45) is 0 Å². The number of nitrogens with zero attached hydrogens (tertiary/aromatic N) is 1. The summed E-state index contributed by atoms with van der Waals surface area (Å²) in [6, 6.07) is 9.81. The number of carbonyl (C=O) groups excluding carboxylic acids is 3. The minimum Gasteiger partial charge on any atom is -0.465 e. The van der Waals surface area contributed by atoms with E-state index in [1.54, 1.807) is 11.0 Å². The molecule has 8 heteroatoms. The molecule has 3 rings (SSSR count). The Morgan fingerprint density at radius 2 is 2.04 bits per heavy atom. The highest BCUT2D eigenvalue weighted by molar-refractivity contribution is 6.34. The van der Waals surface area contributed by atoms with Gasteiger partial charge in [-0.05, 0) is 42.8 Å². The molecule has 0 aromatic heterocycles. The molecule has 0 atom stereocenters. The Labute approximate surface area is 160 Å². The van der Waals surface area contributed by atoms with E-state index in [2.05, 4.69) is 10.1 Å². The number of ether oxygens (including phenoxy) is 2. The monoisotopic (exact) mass is 388 g/mol. The molecule has 0 fully saturated rings. The third-order valence-electron chi connectivity index (χ3n) is 3.99. The van der Waals surface area contributed by atoms with Gasteiger partial charge in [-0.1, -0.05) is 17.7 Å². The van der Waals surface area contributed by atoms with Crippen molar-refractivity contribution in [3.8, 4) is 5.75 Å². The Bertz CT molecular complexity index is 928. The number of benzene rings is 2. The predicted octanol–water partition coefficient (Wildman–Crippen LogP) is 2.80. The molecule has 0 radical (unpaired) electrons. The van der Waals surface area contributed by atoms with Crippen LogP contribution >= 0.6 is 11.6 Å². The molecule has 2 aromatic carbocycles. The van der Waals surface area contributed by atoms with Gasteiger partial charge in [-0.2, -0.15) is 0 Å². The molecule has 2 aromatic rings. The number of hydrogen-bond acceptors (Lipinski definition) is 6. The van der Waals surface area contributed by atoms with E-state index in [4.69, 9.17) is 16.3 Å². The molecule has 1 heterocycles. The van der Waals surface area contributed by atoms with Gasteiger partial charge in [0.1, 0.15) is 6.54 Å². The maximum atomic E-state index is 12.5. The fourth-order valence-electron chi connectivity index (χ4n) is 2.73. The van der Waals surface area contributed by atoms with Crippen LogP contribution < -0.4 is 15.0 Å². The number of fused-ring (bicyclic) bond motifs is 1. The topological polar surface area (TPSA) is 84.9 Å². The first kappa shape index (κ1) is 18.7. The van der Waals surface area contributed by atoms with Crippen molar-refractivity contribution in [3.63, 3.8) is 0 Å². The van der Waals surface area contributed by atoms with E-state index in [-0.39, 0.29) is 35.3 Å². The Morgan fingerprint density at radius 3 is 2.78 bits per heavy atom. The lowest BCUT2D eigenvalue weighted by molar-refractivity contribution is -0.133. The smallest absolute Gasteiger partial charge is 0.337 e. The van der Waals surface area contributed by atoms with Gasteiger partial charge in [0, 0.05) is 0 Å². The molecule has 7 nitrogen and oxygen atoms in total. The molecular formula is C19H17ClN2O5. The molecule has 1 aliphatic rings. The van der Waals surface area contributed by atoms with Gasteiger partial charge in [0.15, 0.2) is 5.75 Å². The second kappa shape index (κ2) is 7.67. The first-order valence-electron chi connectivity index (χ1n) is 8.11. The molecule has 1 amide bonds. The summed E-state index contributed by atoms with van der Waals surface area (Å²) in [7, 11) is 1.27. The lowest BCUT2D eigenvalue weighted by Gasteiger charge is -2.29. The lowest BCUT2D eigenvalue weighted by atomic mass is 10.1. The van der Waals surface area contributed by atoms with E-state index < -0.39 is 11.9 Å². The highest BCUT2D eigenvalue weighted by Crippen LogP contribution is 2.32. The molecule has 0 saturated heterocycles. The van der Waals surface area contributed by atoms with Crippen molar-refractivity contribution < 1.29 is 23.9 Å². The van der Waals surface area contributed by atoms with Gasteiger partial charge in [0.25, 0.3) is 0 Å². The number of nitrogens with one attached hydrogen (secondary N) is 1. The van der Waals surface area contributed by atoms with Gasteiger partial charge >= 0.3 is 11.9 Å². The maximum Gasteiger partial charge on any atom is 0.337 e. The van der Waals surface area contributed by atoms with Gasteiger partial charge in [0.05, 0.1) is 35.6 Å². The zero-order valence-electron chi connectivity index (χ0n) is 14.7. The third-order valence-corrected chi connectivity index (χ3v) is 4.32. The third kappa shape index (κ3) is 4.20. The Morgan fingerprint density at radius 1 is 1.26 bits per heavy atom. The van der Waals surface area contributed by atoms with E-state index in [1.165, 1.54) is 25.3 Å². The van der Waals surface area contributed by atoms with Crippen LogP contribution in [0.3, 0.4) is 0 Å². The van der Waals surface area contributed by atoms with E-state index in [0.29, 0.717) is 11.4 Å². The normalized spacial score (nSPS) is 12.9. The highest BCUT2D eigenvalue weighted by Gasteiger charge is 2.26. The Hall–Kier alpha value is -3.06. The summed E-state index contributed by atoms with van der Waals surface area (Å²) in [5.74, 6) is -0.952. The van der Waals surface area contributed by atoms with E-state index in [0.717, 1.165) is 5.56 Å². The van der Waals surface area contributed by atoms with Crippen LogP contribution in [0.2, 0.25) is 5.02 Å². The van der Waals surface area contributed by atoms with Gasteiger partial charge < -0.3 is 19.7 Å². The molecule has 0 aliphatic carbocycles. The number of hydrogen-bond donors (Lipinski definition) is 1. The van der Waals surface area contributed by atoms with Crippen LogP contribution in [0.1, 0.15) is 15.9 Å². The zero-order chi connectivity index (χ0) is 19.6. The number of rotatable bonds is 4. The average Bonchev–Trinajstić information content (AvgIpc) is 2.63. The van der Waals surface area contributed by atoms with Crippen LogP contribution in [0.4, 0.5) is 11.4 Å². The van der Waals surface area contributed by atoms with Crippen molar-refractivity contribution in [1.82, 2.24) is 0 Å². The minimum absolute atomic E-state index is 0.0419. The summed E-state index contributed by atoms with van der Waals surface area (Å²) >= 11 is 6.10. The van der Waals surface area contributed by atoms with Crippen LogP contribution in [-0.2, 0) is 14.3 Å². The standard InChI is InChI=1S/C19H17ClN2O5/c1-11-3-6-16-15(7-11)22(10-18(24)27-16)9-17(23)21-14-8-12(19(25)26-2)4-5-13(14)20/h3-8H,9-10H2,1-2H3,(H,21,23). The zero-order valence-corrected chi connectivity index (χ0v) is 15.5. The number of methoxy groups -OCH3 is 1. The molecular weight excluding hydrogens is 372 g/mol. The summed E-state index contributed by atoms with van der Waals surface area (Å²) in [5, 5.41) is 2.95. The number of esters is 2. The fourth-order valence-corrected chi connectivity index (χ4v) is 2.89. The summed E-state index contributed by atoms with van der Waals surface area (Å²) in [5.41, 5.74) is 2.19. The molecule has 1 N–H and O–H groups in total. The number of halogens is 1. The lowest BCUT2D eigenvalue weighted by Crippen LogP contribution is -2.41. The predicted molar refractivity (Wildman–Crippen MR) is 100 cm³/mol. The van der Waals surface area contributed by atoms with Gasteiger partial charge in [0.2, 0.25) is 5.91 Å². The Kier molecular flexibility index (Phi) is 5.32. The molecule has 1 aliphatic heterocycles. The van der Waals surface area contributed by atoms with Crippen LogP contribution in [0.15, 0.2) is 36.4 Å². The number of aryl methyl sites for hydroxylation is 1. The number of carbonyl (C=O) groups is 3. The van der Waals surface area contributed by atoms with Crippen LogP contribution in [0.25, 0.3) is 0 Å². The van der Waals surface area contributed by atoms with Crippen molar-refractivity contribution in [1.29, 1.82) is 0 Å². The molecule has 140 valence electrons. The van der Waals surface area contributed by atoms with Gasteiger partial charge in [-0.15, -0.1) is 0 Å². The molecule has 0 saturated carbocycles. The summed E-state index contributed by atoms with van der Waals surface area (Å²) < 4.78 is 9.87. The van der Waals surface area contributed by atoms with Gasteiger partial charge in [-0.25, -0.2) is 9.59 Å². The molecule has 27 heavy (non-hydrogen) atoms. The second-order valence-corrected chi connectivity index (χ2v) is 6.44. The van der Waals surface area contributed by atoms with Crippen molar-refractivity contribution in [3.05, 3.63) is 52.5 Å². The summed E-state index contributed by atoms with van der Waals surface area (Å²) in [4.78, 5) is 37.6. The van der Waals surface area contributed by atoms with Gasteiger partial charge in [-0.3, -0.25) is 4.79 Å². The number of amides is 1. The maximum absolute atomic E-state index is 12.5. The van der Waals surface area contributed by atoms with Crippen molar-refractivity contribution in [2.75, 3.05) is 30.4 Å². The largest absolute Gasteiger partial charge is 0.465 e. The van der Waals surface area contributed by atoms with E-state index in [1.807, 2.05) is 19.1 Å². The van der Waals surface area contributed by atoms with Crippen LogP contribution in [0, 0.1) is 6.92 Å². The highest BCUT2D eigenvalue weighted by atomic mass is 35.5. The van der Waals surface area contributed by atoms with Crippen LogP contribution in [0.5, 0.6) is 5.75 Å². The first-order chi connectivity index (χ1) is 12.9. The van der Waals surface area contributed by atoms with E-state index in [9.17, 15) is 14.4 Å². The SMILES string of the molecule is COC(=O)c1ccc(Cl)c(NC(=O)CN2CC(=O)Oc3ccc(C)cc32)c1. The average molecular weight is 389 g/mol. The quantitative estimate of drug-likeness (QED) is 0.640. The summed E-state index contributed by atoms with van der Waals surface area (Å²) in [6.07, 6.45) is 0. The second-order valence-electron chi connectivity index (χ2n) is 6.04. The van der Waals surface area contributed by atoms with Crippen molar-refractivity contribution in [2.45, 2.75) is 6.92 Å². The molecule has 0 spiro atoms. The van der Waals surface area contributed by atoms with Crippen molar-refractivity contribution >= 4 is 40.8 Å². The van der Waals surface area contributed by atoms with Crippen LogP contribution in [-0.4, -0.2) is 38.0 Å².